The normalized spacial score (nSPS) is 18.8. The lowest BCUT2D eigenvalue weighted by Crippen LogP contribution is -2.40. The SMILES string of the molecule is COC(=O)c1ccc(C(O)c2ccc3c(c2)C(NCS(C)(=O)=O)CC(C)(C)O3)cc1. The van der Waals surface area contributed by atoms with Crippen LogP contribution in [0, 0.1) is 0 Å². The van der Waals surface area contributed by atoms with Crippen LogP contribution >= 0.6 is 0 Å². The molecule has 0 bridgehead atoms. The molecule has 0 amide bonds. The van der Waals surface area contributed by atoms with Crippen LogP contribution in [0.2, 0.25) is 0 Å². The number of aliphatic hydroxyl groups excluding tert-OH is 1. The van der Waals surface area contributed by atoms with Crippen molar-refractivity contribution < 1.29 is 27.8 Å². The number of hydrogen-bond donors (Lipinski definition) is 2. The van der Waals surface area contributed by atoms with Gasteiger partial charge in [0.15, 0.2) is 9.84 Å². The summed E-state index contributed by atoms with van der Waals surface area (Å²) in [4.78, 5) is 11.6. The number of sulfone groups is 1. The first kappa shape index (κ1) is 22.3. The Morgan fingerprint density at radius 2 is 1.87 bits per heavy atom. The fourth-order valence-corrected chi connectivity index (χ4v) is 4.09. The summed E-state index contributed by atoms with van der Waals surface area (Å²) in [5, 5.41) is 14.0. The molecule has 0 fully saturated rings. The first-order valence-electron chi connectivity index (χ1n) is 9.59. The molecule has 2 N–H and O–H groups in total. The summed E-state index contributed by atoms with van der Waals surface area (Å²) in [5.41, 5.74) is 2.03. The van der Waals surface area contributed by atoms with Gasteiger partial charge in [0.25, 0.3) is 0 Å². The Morgan fingerprint density at radius 3 is 2.47 bits per heavy atom. The predicted octanol–water partition coefficient (Wildman–Crippen LogP) is 2.75. The molecule has 1 heterocycles. The third kappa shape index (κ3) is 5.19. The van der Waals surface area contributed by atoms with E-state index in [4.69, 9.17) is 9.47 Å². The van der Waals surface area contributed by atoms with Crippen LogP contribution in [-0.2, 0) is 14.6 Å². The molecule has 0 aliphatic carbocycles. The molecule has 0 saturated carbocycles. The van der Waals surface area contributed by atoms with Crippen molar-refractivity contribution in [3.8, 4) is 5.75 Å². The Morgan fingerprint density at radius 1 is 1.23 bits per heavy atom. The van der Waals surface area contributed by atoms with Crippen molar-refractivity contribution in [1.29, 1.82) is 0 Å². The topological polar surface area (TPSA) is 102 Å². The molecule has 2 aromatic rings. The monoisotopic (exact) mass is 433 g/mol. The predicted molar refractivity (Wildman–Crippen MR) is 113 cm³/mol. The lowest BCUT2D eigenvalue weighted by atomic mass is 9.88. The average molecular weight is 434 g/mol. The number of carbonyl (C=O) groups is 1. The summed E-state index contributed by atoms with van der Waals surface area (Å²) in [7, 11) is -1.87. The third-order valence-electron chi connectivity index (χ3n) is 5.05. The van der Waals surface area contributed by atoms with Crippen molar-refractivity contribution in [2.24, 2.45) is 0 Å². The molecule has 1 aliphatic rings. The van der Waals surface area contributed by atoms with E-state index in [1.807, 2.05) is 19.9 Å². The van der Waals surface area contributed by atoms with E-state index < -0.39 is 27.5 Å². The number of aliphatic hydroxyl groups is 1. The number of benzene rings is 2. The van der Waals surface area contributed by atoms with Crippen LogP contribution in [0.1, 0.15) is 59.5 Å². The third-order valence-corrected chi connectivity index (χ3v) is 5.74. The average Bonchev–Trinajstić information content (AvgIpc) is 2.69. The first-order chi connectivity index (χ1) is 14.0. The van der Waals surface area contributed by atoms with Gasteiger partial charge in [-0.2, -0.15) is 0 Å². The van der Waals surface area contributed by atoms with E-state index >= 15 is 0 Å². The van der Waals surface area contributed by atoms with Crippen LogP contribution in [0.4, 0.5) is 0 Å². The number of carbonyl (C=O) groups excluding carboxylic acids is 1. The summed E-state index contributed by atoms with van der Waals surface area (Å²) in [5.74, 6) is 0.0771. The fourth-order valence-electron chi connectivity index (χ4n) is 3.59. The first-order valence-corrected chi connectivity index (χ1v) is 11.7. The Bertz CT molecular complexity index is 1030. The molecule has 162 valence electrons. The molecule has 0 aromatic heterocycles. The lowest BCUT2D eigenvalue weighted by Gasteiger charge is -2.38. The van der Waals surface area contributed by atoms with E-state index in [1.54, 1.807) is 36.4 Å². The minimum Gasteiger partial charge on any atom is -0.487 e. The van der Waals surface area contributed by atoms with Crippen LogP contribution in [0.3, 0.4) is 0 Å². The second-order valence-corrected chi connectivity index (χ2v) is 10.3. The summed E-state index contributed by atoms with van der Waals surface area (Å²) in [6, 6.07) is 11.7. The standard InChI is InChI=1S/C22H27NO6S/c1-22(2)12-18(23-13-30(4,26)27)17-11-16(9-10-19(17)29-22)20(24)14-5-7-15(8-6-14)21(25)28-3/h5-11,18,20,23-24H,12-13H2,1-4H3. The van der Waals surface area contributed by atoms with E-state index in [0.29, 0.717) is 28.9 Å². The van der Waals surface area contributed by atoms with Gasteiger partial charge in [0, 0.05) is 24.3 Å². The maximum Gasteiger partial charge on any atom is 0.337 e. The van der Waals surface area contributed by atoms with Crippen molar-refractivity contribution in [1.82, 2.24) is 5.32 Å². The number of rotatable bonds is 6. The molecule has 0 radical (unpaired) electrons. The minimum absolute atomic E-state index is 0.144. The quantitative estimate of drug-likeness (QED) is 0.676. The summed E-state index contributed by atoms with van der Waals surface area (Å²) in [6.45, 7) is 3.91. The van der Waals surface area contributed by atoms with Gasteiger partial charge in [-0.25, -0.2) is 13.2 Å². The fraction of sp³-hybridized carbons (Fsp3) is 0.409. The smallest absolute Gasteiger partial charge is 0.337 e. The van der Waals surface area contributed by atoms with Crippen molar-refractivity contribution in [2.45, 2.75) is 38.0 Å². The highest BCUT2D eigenvalue weighted by molar-refractivity contribution is 7.90. The van der Waals surface area contributed by atoms with Gasteiger partial charge in [-0.15, -0.1) is 0 Å². The van der Waals surface area contributed by atoms with E-state index in [-0.39, 0.29) is 11.9 Å². The number of ether oxygens (including phenoxy) is 2. The van der Waals surface area contributed by atoms with E-state index in [9.17, 15) is 18.3 Å². The Balaban J connectivity index is 1.90. The van der Waals surface area contributed by atoms with Gasteiger partial charge in [-0.3, -0.25) is 5.32 Å². The highest BCUT2D eigenvalue weighted by Crippen LogP contribution is 2.41. The summed E-state index contributed by atoms with van der Waals surface area (Å²) in [6.07, 6.45) is 0.861. The van der Waals surface area contributed by atoms with E-state index in [1.165, 1.54) is 13.4 Å². The molecule has 1 aliphatic heterocycles. The van der Waals surface area contributed by atoms with Crippen molar-refractivity contribution in [2.75, 3.05) is 19.2 Å². The Labute approximate surface area is 176 Å². The largest absolute Gasteiger partial charge is 0.487 e. The summed E-state index contributed by atoms with van der Waals surface area (Å²) < 4.78 is 34.0. The maximum atomic E-state index is 11.6. The van der Waals surface area contributed by atoms with Gasteiger partial charge in [0.2, 0.25) is 0 Å². The van der Waals surface area contributed by atoms with Gasteiger partial charge in [0.05, 0.1) is 18.6 Å². The van der Waals surface area contributed by atoms with Crippen LogP contribution in [0.15, 0.2) is 42.5 Å². The number of nitrogens with one attached hydrogen (secondary N) is 1. The van der Waals surface area contributed by atoms with Crippen molar-refractivity contribution in [3.63, 3.8) is 0 Å². The zero-order chi connectivity index (χ0) is 22.1. The lowest BCUT2D eigenvalue weighted by molar-refractivity contribution is 0.0600. The molecule has 7 nitrogen and oxygen atoms in total. The molecule has 2 atom stereocenters. The van der Waals surface area contributed by atoms with E-state index in [0.717, 1.165) is 5.56 Å². The second kappa shape index (κ2) is 8.37. The molecule has 2 unspecified atom stereocenters. The molecule has 30 heavy (non-hydrogen) atoms. The van der Waals surface area contributed by atoms with Gasteiger partial charge >= 0.3 is 5.97 Å². The Hall–Kier alpha value is -2.42. The number of fused-ring (bicyclic) bond motifs is 1. The maximum absolute atomic E-state index is 11.6. The van der Waals surface area contributed by atoms with Crippen molar-refractivity contribution in [3.05, 3.63) is 64.7 Å². The summed E-state index contributed by atoms with van der Waals surface area (Å²) >= 11 is 0. The highest BCUT2D eigenvalue weighted by Gasteiger charge is 2.34. The zero-order valence-electron chi connectivity index (χ0n) is 17.5. The minimum atomic E-state index is -3.19. The molecule has 0 spiro atoms. The molecular formula is C22H27NO6S. The number of esters is 1. The van der Waals surface area contributed by atoms with Gasteiger partial charge < -0.3 is 14.6 Å². The molecule has 0 saturated heterocycles. The number of hydrogen-bond acceptors (Lipinski definition) is 7. The van der Waals surface area contributed by atoms with Gasteiger partial charge in [0.1, 0.15) is 17.5 Å². The van der Waals surface area contributed by atoms with Crippen LogP contribution in [0.5, 0.6) is 5.75 Å². The molecule has 2 aromatic carbocycles. The van der Waals surface area contributed by atoms with Crippen LogP contribution in [-0.4, -0.2) is 44.3 Å². The van der Waals surface area contributed by atoms with E-state index in [2.05, 4.69) is 5.32 Å². The second-order valence-electron chi connectivity index (χ2n) is 8.21. The van der Waals surface area contributed by atoms with Gasteiger partial charge in [-0.05, 0) is 49.2 Å². The van der Waals surface area contributed by atoms with Crippen LogP contribution in [0.25, 0.3) is 0 Å². The zero-order valence-corrected chi connectivity index (χ0v) is 18.3. The molecule has 3 rings (SSSR count). The Kier molecular flexibility index (Phi) is 6.21. The van der Waals surface area contributed by atoms with Crippen LogP contribution < -0.4 is 10.1 Å². The van der Waals surface area contributed by atoms with Gasteiger partial charge in [-0.1, -0.05) is 18.2 Å². The number of methoxy groups -OCH3 is 1. The van der Waals surface area contributed by atoms with Crippen molar-refractivity contribution >= 4 is 15.8 Å². The molecule has 8 heteroatoms. The molecular weight excluding hydrogens is 406 g/mol. The highest BCUT2D eigenvalue weighted by atomic mass is 32.2.